The number of amides is 3. The van der Waals surface area contributed by atoms with Crippen molar-refractivity contribution in [3.63, 3.8) is 0 Å². The fourth-order valence-corrected chi connectivity index (χ4v) is 4.03. The van der Waals surface area contributed by atoms with Crippen LogP contribution in [0.5, 0.6) is 0 Å². The third-order valence-electron chi connectivity index (χ3n) is 5.86. The molecule has 0 aliphatic rings. The van der Waals surface area contributed by atoms with Gasteiger partial charge in [-0.25, -0.2) is 4.79 Å². The Kier molecular flexibility index (Phi) is 10.9. The molecule has 37 heavy (non-hydrogen) atoms. The quantitative estimate of drug-likeness (QED) is 0.356. The number of anilines is 1. The summed E-state index contributed by atoms with van der Waals surface area (Å²) >= 11 is 0. The summed E-state index contributed by atoms with van der Waals surface area (Å²) in [6.07, 6.45) is 3.62. The summed E-state index contributed by atoms with van der Waals surface area (Å²) in [7, 11) is 0. The molecule has 2 N–H and O–H groups in total. The van der Waals surface area contributed by atoms with Gasteiger partial charge in [0.05, 0.1) is 0 Å². The largest absolute Gasteiger partial charge is 0.444 e. The fourth-order valence-electron chi connectivity index (χ4n) is 4.03. The smallest absolute Gasteiger partial charge is 0.408 e. The van der Waals surface area contributed by atoms with Gasteiger partial charge in [-0.05, 0) is 69.4 Å². The maximum atomic E-state index is 13.9. The molecule has 2 rings (SSSR count). The Hall–Kier alpha value is -3.61. The number of aryl methyl sites for hydroxylation is 2. The molecule has 200 valence electrons. The number of ether oxygens (including phenoxy) is 1. The normalized spacial score (nSPS) is 11.8. The number of alkyl carbamates (subject to hydrolysis) is 1. The summed E-state index contributed by atoms with van der Waals surface area (Å²) in [6.45, 7) is 15.1. The van der Waals surface area contributed by atoms with Crippen molar-refractivity contribution in [1.29, 1.82) is 0 Å². The van der Waals surface area contributed by atoms with Crippen LogP contribution in [0.4, 0.5) is 10.5 Å². The fraction of sp³-hybridized carbons (Fsp3) is 0.433. The van der Waals surface area contributed by atoms with Crippen molar-refractivity contribution in [2.24, 2.45) is 0 Å². The van der Waals surface area contributed by atoms with Crippen molar-refractivity contribution in [2.45, 2.75) is 72.4 Å². The maximum absolute atomic E-state index is 13.9. The Balaban J connectivity index is 2.45. The van der Waals surface area contributed by atoms with E-state index in [1.54, 1.807) is 31.7 Å². The van der Waals surface area contributed by atoms with E-state index in [0.29, 0.717) is 12.1 Å². The minimum absolute atomic E-state index is 0.282. The summed E-state index contributed by atoms with van der Waals surface area (Å²) in [6, 6.07) is 12.4. The highest BCUT2D eigenvalue weighted by Gasteiger charge is 2.32. The van der Waals surface area contributed by atoms with Gasteiger partial charge < -0.3 is 20.3 Å². The first kappa shape index (κ1) is 29.6. The van der Waals surface area contributed by atoms with Crippen molar-refractivity contribution < 1.29 is 19.1 Å². The van der Waals surface area contributed by atoms with E-state index < -0.39 is 17.7 Å². The van der Waals surface area contributed by atoms with E-state index in [1.165, 1.54) is 0 Å². The molecular formula is C30H41N3O4. The van der Waals surface area contributed by atoms with Gasteiger partial charge in [-0.3, -0.25) is 9.59 Å². The molecule has 0 saturated heterocycles. The highest BCUT2D eigenvalue weighted by molar-refractivity contribution is 5.99. The van der Waals surface area contributed by atoms with Crippen molar-refractivity contribution in [1.82, 2.24) is 10.2 Å². The van der Waals surface area contributed by atoms with Gasteiger partial charge in [0.1, 0.15) is 18.2 Å². The standard InChI is InChI=1S/C30H41N3O4/c1-8-10-11-18-33(25(34)20-31-29(36)37-30(5,6)7)27(24-17-13-16-23(9-2)19-24)28(35)32-26-21(3)14-12-15-22(26)4/h9,12-17,19,27H,2,8,10-11,18,20H2,1,3-7H3,(H,31,36)(H,32,35). The summed E-state index contributed by atoms with van der Waals surface area (Å²) in [4.78, 5) is 41.2. The van der Waals surface area contributed by atoms with Crippen LogP contribution in [-0.4, -0.2) is 41.5 Å². The molecule has 0 aliphatic heterocycles. The number of nitrogens with one attached hydrogen (secondary N) is 2. The first-order valence-electron chi connectivity index (χ1n) is 12.8. The Morgan fingerprint density at radius 2 is 1.70 bits per heavy atom. The minimum atomic E-state index is -0.899. The molecule has 0 aliphatic carbocycles. The Morgan fingerprint density at radius 1 is 1.05 bits per heavy atom. The molecule has 2 aromatic rings. The SMILES string of the molecule is C=Cc1cccc(C(C(=O)Nc2c(C)cccc2C)N(CCCCC)C(=O)CNC(=O)OC(C)(C)C)c1. The van der Waals surface area contributed by atoms with Crippen LogP contribution in [0.15, 0.2) is 49.0 Å². The summed E-state index contributed by atoms with van der Waals surface area (Å²) < 4.78 is 5.28. The van der Waals surface area contributed by atoms with Crippen molar-refractivity contribution in [2.75, 3.05) is 18.4 Å². The van der Waals surface area contributed by atoms with Crippen LogP contribution in [0.3, 0.4) is 0 Å². The molecule has 0 heterocycles. The number of nitrogens with zero attached hydrogens (tertiary/aromatic N) is 1. The van der Waals surface area contributed by atoms with Gasteiger partial charge in [0, 0.05) is 12.2 Å². The molecule has 7 heteroatoms. The van der Waals surface area contributed by atoms with E-state index in [0.717, 1.165) is 41.6 Å². The summed E-state index contributed by atoms with van der Waals surface area (Å²) in [5.41, 5.74) is 3.42. The molecule has 2 aromatic carbocycles. The van der Waals surface area contributed by atoms with Crippen molar-refractivity contribution >= 4 is 29.7 Å². The lowest BCUT2D eigenvalue weighted by molar-refractivity contribution is -0.138. The molecule has 0 aromatic heterocycles. The van der Waals surface area contributed by atoms with E-state index in [2.05, 4.69) is 24.1 Å². The van der Waals surface area contributed by atoms with Crippen molar-refractivity contribution in [3.05, 3.63) is 71.3 Å². The minimum Gasteiger partial charge on any atom is -0.444 e. The lowest BCUT2D eigenvalue weighted by atomic mass is 10.00. The maximum Gasteiger partial charge on any atom is 0.408 e. The molecule has 0 saturated carbocycles. The highest BCUT2D eigenvalue weighted by atomic mass is 16.6. The van der Waals surface area contributed by atoms with E-state index in [4.69, 9.17) is 4.74 Å². The number of para-hydroxylation sites is 1. The summed E-state index contributed by atoms with van der Waals surface area (Å²) in [5, 5.41) is 5.61. The van der Waals surface area contributed by atoms with Gasteiger partial charge in [-0.15, -0.1) is 0 Å². The highest BCUT2D eigenvalue weighted by Crippen LogP contribution is 2.27. The first-order valence-corrected chi connectivity index (χ1v) is 12.8. The van der Waals surface area contributed by atoms with Gasteiger partial charge in [0.15, 0.2) is 0 Å². The van der Waals surface area contributed by atoms with E-state index in [1.807, 2.05) is 56.3 Å². The monoisotopic (exact) mass is 507 g/mol. The summed E-state index contributed by atoms with van der Waals surface area (Å²) in [5.74, 6) is -0.687. The van der Waals surface area contributed by atoms with Crippen LogP contribution < -0.4 is 10.6 Å². The predicted molar refractivity (Wildman–Crippen MR) is 149 cm³/mol. The second-order valence-electron chi connectivity index (χ2n) is 10.2. The molecule has 1 unspecified atom stereocenters. The van der Waals surface area contributed by atoms with Crippen molar-refractivity contribution in [3.8, 4) is 0 Å². The third kappa shape index (κ3) is 9.08. The Morgan fingerprint density at radius 3 is 2.30 bits per heavy atom. The van der Waals surface area contributed by atoms with Gasteiger partial charge in [-0.1, -0.05) is 68.8 Å². The second-order valence-corrected chi connectivity index (χ2v) is 10.2. The zero-order valence-corrected chi connectivity index (χ0v) is 23.0. The second kappa shape index (κ2) is 13.6. The molecule has 0 spiro atoms. The molecule has 1 atom stereocenters. The van der Waals surface area contributed by atoms with E-state index in [-0.39, 0.29) is 18.4 Å². The van der Waals surface area contributed by atoms with Gasteiger partial charge in [0.25, 0.3) is 5.91 Å². The number of hydrogen-bond acceptors (Lipinski definition) is 4. The number of benzene rings is 2. The molecule has 0 fully saturated rings. The predicted octanol–water partition coefficient (Wildman–Crippen LogP) is 6.17. The van der Waals surface area contributed by atoms with Crippen LogP contribution in [0.2, 0.25) is 0 Å². The van der Waals surface area contributed by atoms with Gasteiger partial charge in [-0.2, -0.15) is 0 Å². The van der Waals surface area contributed by atoms with Crippen LogP contribution in [-0.2, 0) is 14.3 Å². The van der Waals surface area contributed by atoms with Gasteiger partial charge in [0.2, 0.25) is 5.91 Å². The van der Waals surface area contributed by atoms with Crippen LogP contribution in [0, 0.1) is 13.8 Å². The van der Waals surface area contributed by atoms with Crippen LogP contribution >= 0.6 is 0 Å². The van der Waals surface area contributed by atoms with Gasteiger partial charge >= 0.3 is 6.09 Å². The number of carbonyl (C=O) groups is 3. The lowest BCUT2D eigenvalue weighted by Gasteiger charge is -2.32. The zero-order valence-electron chi connectivity index (χ0n) is 23.0. The van der Waals surface area contributed by atoms with Crippen LogP contribution in [0.25, 0.3) is 6.08 Å². The molecule has 0 radical (unpaired) electrons. The third-order valence-corrected chi connectivity index (χ3v) is 5.86. The van der Waals surface area contributed by atoms with E-state index >= 15 is 0 Å². The molecule has 7 nitrogen and oxygen atoms in total. The number of hydrogen-bond donors (Lipinski definition) is 2. The average Bonchev–Trinajstić information content (AvgIpc) is 2.83. The van der Waals surface area contributed by atoms with E-state index in [9.17, 15) is 14.4 Å². The number of rotatable bonds is 11. The first-order chi connectivity index (χ1) is 17.5. The molecular weight excluding hydrogens is 466 g/mol. The Bertz CT molecular complexity index is 1080. The average molecular weight is 508 g/mol. The topological polar surface area (TPSA) is 87.7 Å². The Labute approximate surface area is 221 Å². The molecule has 3 amide bonds. The lowest BCUT2D eigenvalue weighted by Crippen LogP contribution is -2.47. The zero-order chi connectivity index (χ0) is 27.6. The number of unbranched alkanes of at least 4 members (excludes halogenated alkanes) is 2. The number of carbonyl (C=O) groups excluding carboxylic acids is 3. The van der Waals surface area contributed by atoms with Crippen LogP contribution in [0.1, 0.15) is 75.3 Å². The molecule has 0 bridgehead atoms.